The zero-order chi connectivity index (χ0) is 48.2. The number of esters is 1. The van der Waals surface area contributed by atoms with Crippen molar-refractivity contribution in [2.24, 2.45) is 0 Å². The Morgan fingerprint density at radius 1 is 0.701 bits per heavy atom. The van der Waals surface area contributed by atoms with Crippen molar-refractivity contribution in [3.05, 3.63) is 193 Å². The van der Waals surface area contributed by atoms with Crippen molar-refractivity contribution in [1.29, 1.82) is 10.5 Å². The summed E-state index contributed by atoms with van der Waals surface area (Å²) in [5.74, 6) is -2.13. The van der Waals surface area contributed by atoms with Gasteiger partial charge in [-0.2, -0.15) is 0 Å². The third-order valence-corrected chi connectivity index (χ3v) is 10.1. The van der Waals surface area contributed by atoms with Crippen LogP contribution in [-0.4, -0.2) is 49.2 Å². The van der Waals surface area contributed by atoms with Crippen LogP contribution in [0.15, 0.2) is 138 Å². The number of carbonyl (C=O) groups is 1. The van der Waals surface area contributed by atoms with Gasteiger partial charge in [0.05, 0.1) is 18.7 Å². The minimum Gasteiger partial charge on any atom is -0.512 e. The molecule has 1 aliphatic heterocycles. The van der Waals surface area contributed by atoms with Crippen LogP contribution in [0.4, 0.5) is 23.2 Å². The Hall–Kier alpha value is -7.51. The van der Waals surface area contributed by atoms with Gasteiger partial charge in [0.1, 0.15) is 24.4 Å². The minimum absolute atomic E-state index is 0. The van der Waals surface area contributed by atoms with Crippen LogP contribution in [-0.2, 0) is 24.8 Å². The van der Waals surface area contributed by atoms with E-state index in [0.717, 1.165) is 94.9 Å². The van der Waals surface area contributed by atoms with E-state index in [1.165, 1.54) is 7.11 Å². The van der Waals surface area contributed by atoms with E-state index in [1.807, 2.05) is 24.3 Å². The molecule has 0 unspecified atom stereocenters. The maximum atomic E-state index is 13.2. The van der Waals surface area contributed by atoms with Gasteiger partial charge >= 0.3 is 5.97 Å². The molecule has 2 aliphatic rings. The third kappa shape index (κ3) is 13.5. The predicted octanol–water partition coefficient (Wildman–Crippen LogP) is 11.5. The molecule has 0 atom stereocenters. The summed E-state index contributed by atoms with van der Waals surface area (Å²) in [7, 11) is 1.42. The van der Waals surface area contributed by atoms with Gasteiger partial charge < -0.3 is 47.7 Å². The van der Waals surface area contributed by atoms with Crippen molar-refractivity contribution in [1.82, 2.24) is 14.5 Å². The van der Waals surface area contributed by atoms with Crippen LogP contribution in [0.25, 0.3) is 55.9 Å². The van der Waals surface area contributed by atoms with Crippen LogP contribution < -0.4 is 14.8 Å². The maximum absolute atomic E-state index is 13.2. The quantitative estimate of drug-likeness (QED) is 0.0461. The molecule has 2 aromatic heterocycles. The SMILES string of the molecule is CCN(CC)c1ccc2c(-c3ccccc3C(=O)OC)c3ccc(=[N+](CC)CC)cc-3oc2c1.Fc1c[c-]c(-c2ccccn2)c(F)c1.Fc1c[c-]c(-c2ccccn2)c(F)c1.[C-]#N.[C-]#N.[Ir]. The smallest absolute Gasteiger partial charge is 0.338 e. The fraction of sp³-hybridized carbons (Fsp3) is 0.170. The van der Waals surface area contributed by atoms with Crippen LogP contribution in [0.5, 0.6) is 0 Å². The van der Waals surface area contributed by atoms with Gasteiger partial charge in [0.25, 0.3) is 0 Å². The molecule has 6 aromatic rings. The summed E-state index contributed by atoms with van der Waals surface area (Å²) in [6.07, 6.45) is 3.10. The number of benzene rings is 5. The van der Waals surface area contributed by atoms with E-state index in [2.05, 4.69) is 95.7 Å². The number of hydrogen-bond acceptors (Lipinski definition) is 8. The van der Waals surface area contributed by atoms with Crippen molar-refractivity contribution < 1.29 is 51.6 Å². The molecule has 0 fully saturated rings. The van der Waals surface area contributed by atoms with Gasteiger partial charge in [-0.15, -0.1) is 24.3 Å². The fourth-order valence-corrected chi connectivity index (χ4v) is 7.02. The Bertz CT molecular complexity index is 2830. The number of pyridine rings is 2. The van der Waals surface area contributed by atoms with Crippen molar-refractivity contribution in [3.8, 4) is 45.0 Å². The molecule has 3 heterocycles. The summed E-state index contributed by atoms with van der Waals surface area (Å²) in [6, 6.07) is 39.4. The number of methoxy groups -OCH3 is 1. The van der Waals surface area contributed by atoms with Gasteiger partial charge in [0.15, 0.2) is 0 Å². The molecule has 4 aromatic carbocycles. The van der Waals surface area contributed by atoms with E-state index in [4.69, 9.17) is 32.8 Å². The molecule has 0 saturated carbocycles. The van der Waals surface area contributed by atoms with E-state index >= 15 is 0 Å². The van der Waals surface area contributed by atoms with Gasteiger partial charge in [-0.05, 0) is 81.0 Å². The van der Waals surface area contributed by atoms with E-state index in [1.54, 1.807) is 48.8 Å². The van der Waals surface area contributed by atoms with E-state index in [9.17, 15) is 22.4 Å². The van der Waals surface area contributed by atoms with Gasteiger partial charge in [-0.1, -0.05) is 65.7 Å². The predicted molar refractivity (Wildman–Crippen MR) is 246 cm³/mol. The second-order valence-electron chi connectivity index (χ2n) is 13.7. The van der Waals surface area contributed by atoms with Crippen molar-refractivity contribution >= 4 is 22.6 Å². The molecule has 0 spiro atoms. The number of anilines is 1. The molecular formula is C53H45F4IrN6O3-3. The Labute approximate surface area is 401 Å². The average Bonchev–Trinajstić information content (AvgIpc) is 3.36. The zero-order valence-corrected chi connectivity index (χ0v) is 39.7. The number of carbonyl (C=O) groups excluding carboxylic acids is 1. The summed E-state index contributed by atoms with van der Waals surface area (Å²) in [5.41, 5.74) is 6.51. The molecule has 9 nitrogen and oxygen atoms in total. The second-order valence-corrected chi connectivity index (χ2v) is 13.7. The summed E-state index contributed by atoms with van der Waals surface area (Å²) < 4.78 is 65.5. The largest absolute Gasteiger partial charge is 0.512 e. The number of rotatable bonds is 9. The first-order valence-electron chi connectivity index (χ1n) is 20.6. The number of hydrogen-bond donors (Lipinski definition) is 0. The number of aromatic nitrogens is 2. The Balaban J connectivity index is 0.000000296. The van der Waals surface area contributed by atoms with Crippen LogP contribution in [0.1, 0.15) is 38.1 Å². The van der Waals surface area contributed by atoms with Gasteiger partial charge in [-0.25, -0.2) is 9.37 Å². The van der Waals surface area contributed by atoms with Crippen LogP contribution in [0.2, 0.25) is 0 Å². The fourth-order valence-electron chi connectivity index (χ4n) is 7.02. The molecule has 0 saturated heterocycles. The first kappa shape index (κ1) is 53.8. The molecule has 345 valence electrons. The molecule has 1 aliphatic carbocycles. The summed E-state index contributed by atoms with van der Waals surface area (Å²) in [4.78, 5) is 22.9. The van der Waals surface area contributed by atoms with Crippen LogP contribution >= 0.6 is 0 Å². The molecule has 0 bridgehead atoms. The maximum Gasteiger partial charge on any atom is 0.338 e. The van der Waals surface area contributed by atoms with Crippen molar-refractivity contribution in [2.45, 2.75) is 27.7 Å². The Morgan fingerprint density at radius 2 is 1.24 bits per heavy atom. The minimum atomic E-state index is -0.649. The number of fused-ring (bicyclic) bond motifs is 2. The number of halogens is 4. The van der Waals surface area contributed by atoms with Crippen molar-refractivity contribution in [3.63, 3.8) is 0 Å². The topological polar surface area (TPSA) is 119 Å². The summed E-state index contributed by atoms with van der Waals surface area (Å²) in [6.45, 7) is 21.8. The first-order chi connectivity index (χ1) is 32.1. The Kier molecular flexibility index (Phi) is 21.8. The molecule has 67 heavy (non-hydrogen) atoms. The monoisotopic (exact) mass is 1080 g/mol. The first-order valence-corrected chi connectivity index (χ1v) is 20.6. The van der Waals surface area contributed by atoms with Gasteiger partial charge in [0.2, 0.25) is 5.36 Å². The summed E-state index contributed by atoms with van der Waals surface area (Å²) >= 11 is 0. The van der Waals surface area contributed by atoms with E-state index < -0.39 is 23.3 Å². The van der Waals surface area contributed by atoms with Crippen LogP contribution in [0.3, 0.4) is 0 Å². The number of ether oxygens (including phenoxy) is 1. The average molecular weight is 1080 g/mol. The standard InChI is InChI=1S/C29H33N2O3.2C11H6F2N.2CN.Ir/c1-6-30(7-2)20-14-16-24-26(18-20)34-27-19-21(31(8-3)9-4)15-17-25(27)28(24)22-12-10-11-13-23(22)29(32)33-5;2*12-8-4-5-9(10(13)7-8)11-3-1-2-6-14-11;2*1-2;/h10-19H,6-9H2,1-5H3;2*1-4,6-7H;;;/q+1;4*-1;. The van der Waals surface area contributed by atoms with Gasteiger partial charge in [0, 0.05) is 103 Å². The van der Waals surface area contributed by atoms with E-state index in [-0.39, 0.29) is 37.2 Å². The van der Waals surface area contributed by atoms with Crippen LogP contribution in [0, 0.1) is 59.1 Å². The summed E-state index contributed by atoms with van der Waals surface area (Å²) in [5, 5.41) is 14.6. The number of nitrogens with zero attached hydrogens (tertiary/aromatic N) is 6. The zero-order valence-electron chi connectivity index (χ0n) is 37.3. The molecule has 8 rings (SSSR count). The molecule has 0 N–H and O–H groups in total. The van der Waals surface area contributed by atoms with E-state index in [0.29, 0.717) is 17.0 Å². The molecule has 0 amide bonds. The second kappa shape index (κ2) is 27.1. The third-order valence-electron chi connectivity index (χ3n) is 10.1. The van der Waals surface area contributed by atoms with Crippen molar-refractivity contribution in [2.75, 3.05) is 38.2 Å². The normalized spacial score (nSPS) is 9.93. The molecule has 1 radical (unpaired) electrons. The molecule has 14 heteroatoms. The Morgan fingerprint density at radius 3 is 1.72 bits per heavy atom. The van der Waals surface area contributed by atoms with Gasteiger partial charge in [-0.3, -0.25) is 17.6 Å². The molecular weight excluding hydrogens is 1040 g/mol.